The van der Waals surface area contributed by atoms with E-state index in [1.54, 1.807) is 11.8 Å². The summed E-state index contributed by atoms with van der Waals surface area (Å²) in [7, 11) is 0. The van der Waals surface area contributed by atoms with Crippen molar-refractivity contribution < 1.29 is 0 Å². The molecule has 3 nitrogen and oxygen atoms in total. The summed E-state index contributed by atoms with van der Waals surface area (Å²) in [4.78, 5) is 3.95. The van der Waals surface area contributed by atoms with Crippen molar-refractivity contribution in [3.8, 4) is 0 Å². The Morgan fingerprint density at radius 1 is 1.80 bits per heavy atom. The van der Waals surface area contributed by atoms with Crippen LogP contribution in [0.4, 0.5) is 0 Å². The summed E-state index contributed by atoms with van der Waals surface area (Å²) >= 11 is 1.64. The zero-order chi connectivity index (χ0) is 7.23. The van der Waals surface area contributed by atoms with E-state index in [9.17, 15) is 0 Å². The molecule has 0 atom stereocenters. The fraction of sp³-hybridized carbons (Fsp3) is 0.333. The zero-order valence-electron chi connectivity index (χ0n) is 5.74. The highest BCUT2D eigenvalue weighted by molar-refractivity contribution is 7.99. The Morgan fingerprint density at radius 2 is 2.70 bits per heavy atom. The van der Waals surface area contributed by atoms with Crippen LogP contribution in [0.3, 0.4) is 0 Å². The second kappa shape index (κ2) is 4.11. The van der Waals surface area contributed by atoms with Gasteiger partial charge in [-0.3, -0.25) is 5.10 Å². The van der Waals surface area contributed by atoms with Crippen LogP contribution in [0.5, 0.6) is 0 Å². The molecule has 1 heterocycles. The molecule has 4 heteroatoms. The number of H-pyrrole nitrogens is 1. The molecule has 0 spiro atoms. The summed E-state index contributed by atoms with van der Waals surface area (Å²) in [6.45, 7) is 2.00. The predicted octanol–water partition coefficient (Wildman–Crippen LogP) is 1.47. The predicted molar refractivity (Wildman–Crippen MR) is 41.9 cm³/mol. The minimum atomic E-state index is 0.873. The normalized spacial score (nSPS) is 10.9. The van der Waals surface area contributed by atoms with Crippen molar-refractivity contribution in [3.05, 3.63) is 18.5 Å². The first kappa shape index (κ1) is 7.34. The van der Waals surface area contributed by atoms with Gasteiger partial charge in [-0.15, -0.1) is 0 Å². The van der Waals surface area contributed by atoms with Gasteiger partial charge in [-0.25, -0.2) is 4.98 Å². The Kier molecular flexibility index (Phi) is 3.02. The van der Waals surface area contributed by atoms with Crippen molar-refractivity contribution in [2.45, 2.75) is 12.1 Å². The van der Waals surface area contributed by atoms with E-state index in [4.69, 9.17) is 0 Å². The SMILES string of the molecule is CC=CCSc1ncn[nH]1. The van der Waals surface area contributed by atoms with Gasteiger partial charge in [-0.2, -0.15) is 5.10 Å². The van der Waals surface area contributed by atoms with Crippen LogP contribution in [0.2, 0.25) is 0 Å². The molecule has 0 saturated heterocycles. The molecule has 1 aromatic heterocycles. The number of hydrogen-bond acceptors (Lipinski definition) is 3. The van der Waals surface area contributed by atoms with E-state index in [0.29, 0.717) is 0 Å². The van der Waals surface area contributed by atoms with Gasteiger partial charge in [0.05, 0.1) is 0 Å². The largest absolute Gasteiger partial charge is 0.254 e. The number of rotatable bonds is 3. The average molecular weight is 155 g/mol. The summed E-state index contributed by atoms with van der Waals surface area (Å²) in [6.07, 6.45) is 5.61. The van der Waals surface area contributed by atoms with Crippen LogP contribution in [0.25, 0.3) is 0 Å². The highest BCUT2D eigenvalue weighted by Crippen LogP contribution is 2.09. The highest BCUT2D eigenvalue weighted by Gasteiger charge is 1.90. The molecule has 0 aliphatic rings. The van der Waals surface area contributed by atoms with E-state index in [-0.39, 0.29) is 0 Å². The molecule has 10 heavy (non-hydrogen) atoms. The maximum absolute atomic E-state index is 3.95. The summed E-state index contributed by atoms with van der Waals surface area (Å²) in [5, 5.41) is 7.36. The number of aromatic nitrogens is 3. The quantitative estimate of drug-likeness (QED) is 0.531. The average Bonchev–Trinajstić information content (AvgIpc) is 2.41. The maximum Gasteiger partial charge on any atom is 0.183 e. The first-order valence-electron chi connectivity index (χ1n) is 3.03. The van der Waals surface area contributed by atoms with E-state index in [2.05, 4.69) is 21.3 Å². The Morgan fingerprint density at radius 3 is 3.30 bits per heavy atom. The van der Waals surface area contributed by atoms with E-state index in [1.807, 2.05) is 13.0 Å². The molecule has 0 amide bonds. The van der Waals surface area contributed by atoms with Gasteiger partial charge in [-0.05, 0) is 6.92 Å². The van der Waals surface area contributed by atoms with Crippen molar-refractivity contribution in [1.82, 2.24) is 15.2 Å². The van der Waals surface area contributed by atoms with Gasteiger partial charge >= 0.3 is 0 Å². The van der Waals surface area contributed by atoms with Crippen molar-refractivity contribution >= 4 is 11.8 Å². The first-order valence-corrected chi connectivity index (χ1v) is 4.01. The number of hydrogen-bond donors (Lipinski definition) is 1. The topological polar surface area (TPSA) is 41.6 Å². The zero-order valence-corrected chi connectivity index (χ0v) is 6.56. The minimum absolute atomic E-state index is 0.873. The van der Waals surface area contributed by atoms with Crippen LogP contribution in [-0.4, -0.2) is 20.9 Å². The second-order valence-electron chi connectivity index (χ2n) is 1.67. The molecular formula is C6H9N3S. The number of allylic oxidation sites excluding steroid dienone is 1. The fourth-order valence-corrected chi connectivity index (χ4v) is 1.17. The molecule has 1 aromatic rings. The smallest absolute Gasteiger partial charge is 0.183 e. The van der Waals surface area contributed by atoms with Gasteiger partial charge in [0.1, 0.15) is 6.33 Å². The maximum atomic E-state index is 3.95. The molecule has 1 N–H and O–H groups in total. The molecule has 0 aliphatic carbocycles. The van der Waals surface area contributed by atoms with Crippen molar-refractivity contribution in [3.63, 3.8) is 0 Å². The Bertz CT molecular complexity index is 193. The third-order valence-electron chi connectivity index (χ3n) is 0.945. The Hall–Kier alpha value is -0.770. The van der Waals surface area contributed by atoms with Crippen LogP contribution in [-0.2, 0) is 0 Å². The van der Waals surface area contributed by atoms with Gasteiger partial charge in [-0.1, -0.05) is 23.9 Å². The monoisotopic (exact) mass is 155 g/mol. The first-order chi connectivity index (χ1) is 4.93. The summed E-state index contributed by atoms with van der Waals surface area (Å²) in [5.74, 6) is 0.950. The molecule has 0 radical (unpaired) electrons. The highest BCUT2D eigenvalue weighted by atomic mass is 32.2. The molecule has 0 aromatic carbocycles. The number of nitrogens with one attached hydrogen (secondary N) is 1. The van der Waals surface area contributed by atoms with Gasteiger partial charge in [0.15, 0.2) is 5.16 Å². The molecule has 0 aliphatic heterocycles. The number of aromatic amines is 1. The fourth-order valence-electron chi connectivity index (χ4n) is 0.487. The summed E-state index contributed by atoms with van der Waals surface area (Å²) in [5.41, 5.74) is 0. The van der Waals surface area contributed by atoms with Crippen LogP contribution in [0.15, 0.2) is 23.6 Å². The number of nitrogens with zero attached hydrogens (tertiary/aromatic N) is 2. The molecule has 0 bridgehead atoms. The van der Waals surface area contributed by atoms with E-state index >= 15 is 0 Å². The summed E-state index contributed by atoms with van der Waals surface area (Å²) < 4.78 is 0. The third kappa shape index (κ3) is 2.23. The molecule has 0 unspecified atom stereocenters. The van der Waals surface area contributed by atoms with Crippen molar-refractivity contribution in [2.24, 2.45) is 0 Å². The van der Waals surface area contributed by atoms with Crippen LogP contribution in [0, 0.1) is 0 Å². The Labute approximate surface area is 63.9 Å². The van der Waals surface area contributed by atoms with Crippen molar-refractivity contribution in [1.29, 1.82) is 0 Å². The minimum Gasteiger partial charge on any atom is -0.254 e. The van der Waals surface area contributed by atoms with E-state index in [0.717, 1.165) is 10.9 Å². The molecule has 0 saturated carbocycles. The lowest BCUT2D eigenvalue weighted by atomic mass is 10.6. The molecule has 54 valence electrons. The summed E-state index contributed by atoms with van der Waals surface area (Å²) in [6, 6.07) is 0. The van der Waals surface area contributed by atoms with E-state index < -0.39 is 0 Å². The lowest BCUT2D eigenvalue weighted by molar-refractivity contribution is 0.975. The standard InChI is InChI=1S/C6H9N3S/c1-2-3-4-10-6-7-5-8-9-6/h2-3,5H,4H2,1H3,(H,7,8,9). The van der Waals surface area contributed by atoms with Crippen molar-refractivity contribution in [2.75, 3.05) is 5.75 Å². The molecule has 0 fully saturated rings. The van der Waals surface area contributed by atoms with Gasteiger partial charge in [0.25, 0.3) is 0 Å². The number of thioether (sulfide) groups is 1. The van der Waals surface area contributed by atoms with Crippen LogP contribution < -0.4 is 0 Å². The van der Waals surface area contributed by atoms with Gasteiger partial charge in [0.2, 0.25) is 0 Å². The lowest BCUT2D eigenvalue weighted by Gasteiger charge is -1.87. The van der Waals surface area contributed by atoms with E-state index in [1.165, 1.54) is 6.33 Å². The third-order valence-corrected chi connectivity index (χ3v) is 1.77. The van der Waals surface area contributed by atoms with Gasteiger partial charge < -0.3 is 0 Å². The van der Waals surface area contributed by atoms with Crippen LogP contribution in [0.1, 0.15) is 6.92 Å². The Balaban J connectivity index is 2.28. The lowest BCUT2D eigenvalue weighted by Crippen LogP contribution is -1.75. The van der Waals surface area contributed by atoms with Crippen LogP contribution >= 0.6 is 11.8 Å². The molecule has 1 rings (SSSR count). The van der Waals surface area contributed by atoms with Gasteiger partial charge in [0, 0.05) is 5.75 Å². The second-order valence-corrected chi connectivity index (χ2v) is 2.68. The molecular weight excluding hydrogens is 146 g/mol.